The topological polar surface area (TPSA) is 43.8 Å². The van der Waals surface area contributed by atoms with Gasteiger partial charge in [0, 0.05) is 29.8 Å². The highest BCUT2D eigenvalue weighted by molar-refractivity contribution is 7.98. The van der Waals surface area contributed by atoms with E-state index in [1.807, 2.05) is 25.6 Å². The van der Waals surface area contributed by atoms with Gasteiger partial charge >= 0.3 is 0 Å². The number of hydrogen-bond donors (Lipinski definition) is 1. The normalized spacial score (nSPS) is 13.1. The van der Waals surface area contributed by atoms with Crippen LogP contribution in [-0.4, -0.2) is 21.6 Å². The van der Waals surface area contributed by atoms with Gasteiger partial charge in [0.15, 0.2) is 0 Å². The molecule has 0 amide bonds. The minimum atomic E-state index is 0.277. The van der Waals surface area contributed by atoms with Gasteiger partial charge < -0.3 is 5.73 Å². The quantitative estimate of drug-likeness (QED) is 0.811. The van der Waals surface area contributed by atoms with E-state index in [1.54, 1.807) is 0 Å². The zero-order valence-corrected chi connectivity index (χ0v) is 9.97. The molecule has 1 atom stereocenters. The minimum Gasteiger partial charge on any atom is -0.327 e. The van der Waals surface area contributed by atoms with Gasteiger partial charge in [-0.25, -0.2) is 0 Å². The maximum absolute atomic E-state index is 5.69. The maximum Gasteiger partial charge on any atom is 0.0596 e. The van der Waals surface area contributed by atoms with E-state index in [1.165, 1.54) is 5.69 Å². The van der Waals surface area contributed by atoms with Crippen molar-refractivity contribution in [1.82, 2.24) is 9.78 Å². The van der Waals surface area contributed by atoms with E-state index in [2.05, 4.69) is 22.8 Å². The van der Waals surface area contributed by atoms with E-state index in [-0.39, 0.29) is 6.04 Å². The summed E-state index contributed by atoms with van der Waals surface area (Å²) in [7, 11) is 0. The molecule has 2 N–H and O–H groups in total. The number of aryl methyl sites for hydroxylation is 2. The van der Waals surface area contributed by atoms with Crippen molar-refractivity contribution < 1.29 is 0 Å². The summed E-state index contributed by atoms with van der Waals surface area (Å²) < 4.78 is 2.06. The Morgan fingerprint density at radius 3 is 2.93 bits per heavy atom. The van der Waals surface area contributed by atoms with Crippen molar-refractivity contribution in [3.05, 3.63) is 17.5 Å². The Morgan fingerprint density at radius 1 is 1.64 bits per heavy atom. The van der Waals surface area contributed by atoms with Gasteiger partial charge in [-0.05, 0) is 26.8 Å². The fourth-order valence-electron chi connectivity index (χ4n) is 1.34. The number of rotatable bonds is 5. The number of aromatic nitrogens is 2. The van der Waals surface area contributed by atoms with Gasteiger partial charge in [-0.15, -0.1) is 0 Å². The van der Waals surface area contributed by atoms with E-state index in [0.717, 1.165) is 23.7 Å². The zero-order chi connectivity index (χ0) is 10.6. The van der Waals surface area contributed by atoms with Crippen LogP contribution in [0, 0.1) is 6.92 Å². The van der Waals surface area contributed by atoms with Gasteiger partial charge in [0.25, 0.3) is 0 Å². The Kier molecular flexibility index (Phi) is 4.48. The number of hydrogen-bond acceptors (Lipinski definition) is 3. The molecule has 80 valence electrons. The van der Waals surface area contributed by atoms with Crippen LogP contribution < -0.4 is 5.73 Å². The summed E-state index contributed by atoms with van der Waals surface area (Å²) in [5.41, 5.74) is 8.09. The molecule has 1 rings (SSSR count). The van der Waals surface area contributed by atoms with Crippen LogP contribution in [0.25, 0.3) is 0 Å². The third-order valence-electron chi connectivity index (χ3n) is 1.92. The molecule has 1 heterocycles. The van der Waals surface area contributed by atoms with Gasteiger partial charge in [-0.2, -0.15) is 16.9 Å². The Balaban J connectivity index is 2.48. The SMILES string of the molecule is CCn1nc(C)cc1CSCC(C)N. The molecule has 3 nitrogen and oxygen atoms in total. The first kappa shape index (κ1) is 11.6. The first-order valence-electron chi connectivity index (χ1n) is 5.00. The third kappa shape index (κ3) is 3.35. The molecule has 14 heavy (non-hydrogen) atoms. The van der Waals surface area contributed by atoms with Crippen molar-refractivity contribution in [2.45, 2.75) is 39.1 Å². The van der Waals surface area contributed by atoms with Crippen LogP contribution in [0.5, 0.6) is 0 Å². The van der Waals surface area contributed by atoms with Crippen molar-refractivity contribution in [2.24, 2.45) is 5.73 Å². The molecular weight excluding hydrogens is 194 g/mol. The Labute approximate surface area is 90.1 Å². The smallest absolute Gasteiger partial charge is 0.0596 e. The predicted molar refractivity (Wildman–Crippen MR) is 62.4 cm³/mol. The lowest BCUT2D eigenvalue weighted by atomic mass is 10.4. The fourth-order valence-corrected chi connectivity index (χ4v) is 2.27. The summed E-state index contributed by atoms with van der Waals surface area (Å²) in [6, 6.07) is 2.43. The molecule has 1 unspecified atom stereocenters. The summed E-state index contributed by atoms with van der Waals surface area (Å²) in [6.07, 6.45) is 0. The molecule has 1 aromatic rings. The molecule has 0 spiro atoms. The molecule has 0 saturated carbocycles. The molecule has 0 aromatic carbocycles. The van der Waals surface area contributed by atoms with Crippen LogP contribution in [0.1, 0.15) is 25.2 Å². The summed E-state index contributed by atoms with van der Waals surface area (Å²) in [5.74, 6) is 2.02. The van der Waals surface area contributed by atoms with E-state index in [0.29, 0.717) is 0 Å². The summed E-state index contributed by atoms with van der Waals surface area (Å²) in [6.45, 7) is 7.13. The van der Waals surface area contributed by atoms with E-state index in [9.17, 15) is 0 Å². The summed E-state index contributed by atoms with van der Waals surface area (Å²) in [5, 5.41) is 4.40. The van der Waals surface area contributed by atoms with E-state index >= 15 is 0 Å². The highest BCUT2D eigenvalue weighted by Gasteiger charge is 2.04. The monoisotopic (exact) mass is 213 g/mol. The average Bonchev–Trinajstić information content (AvgIpc) is 2.45. The van der Waals surface area contributed by atoms with Crippen LogP contribution in [0.15, 0.2) is 6.07 Å². The second kappa shape index (κ2) is 5.41. The Hall–Kier alpha value is -0.480. The highest BCUT2D eigenvalue weighted by Crippen LogP contribution is 2.13. The average molecular weight is 213 g/mol. The predicted octanol–water partition coefficient (Wildman–Crippen LogP) is 1.79. The standard InChI is InChI=1S/C10H19N3S/c1-4-13-10(5-9(3)12-13)7-14-6-8(2)11/h5,8H,4,6-7,11H2,1-3H3. The van der Waals surface area contributed by atoms with Crippen LogP contribution in [0.3, 0.4) is 0 Å². The van der Waals surface area contributed by atoms with Gasteiger partial charge in [0.1, 0.15) is 0 Å². The molecule has 0 aliphatic carbocycles. The first-order valence-corrected chi connectivity index (χ1v) is 6.15. The molecule has 0 saturated heterocycles. The second-order valence-electron chi connectivity index (χ2n) is 3.59. The fraction of sp³-hybridized carbons (Fsp3) is 0.700. The molecule has 4 heteroatoms. The zero-order valence-electron chi connectivity index (χ0n) is 9.16. The largest absolute Gasteiger partial charge is 0.327 e. The highest BCUT2D eigenvalue weighted by atomic mass is 32.2. The molecule has 0 aliphatic rings. The minimum absolute atomic E-state index is 0.277. The Morgan fingerprint density at radius 2 is 2.36 bits per heavy atom. The second-order valence-corrected chi connectivity index (χ2v) is 4.62. The third-order valence-corrected chi connectivity index (χ3v) is 3.18. The lowest BCUT2D eigenvalue weighted by Gasteiger charge is -2.06. The molecule has 0 radical (unpaired) electrons. The summed E-state index contributed by atoms with van der Waals surface area (Å²) in [4.78, 5) is 0. The lowest BCUT2D eigenvalue weighted by Crippen LogP contribution is -2.17. The van der Waals surface area contributed by atoms with Crippen molar-refractivity contribution in [3.63, 3.8) is 0 Å². The van der Waals surface area contributed by atoms with Crippen LogP contribution in [-0.2, 0) is 12.3 Å². The Bertz CT molecular complexity index is 281. The molecule has 0 bridgehead atoms. The number of nitrogens with two attached hydrogens (primary N) is 1. The van der Waals surface area contributed by atoms with Gasteiger partial charge in [0.05, 0.1) is 5.69 Å². The lowest BCUT2D eigenvalue weighted by molar-refractivity contribution is 0.631. The van der Waals surface area contributed by atoms with Gasteiger partial charge in [0.2, 0.25) is 0 Å². The van der Waals surface area contributed by atoms with Gasteiger partial charge in [-0.1, -0.05) is 0 Å². The van der Waals surface area contributed by atoms with Crippen LogP contribution in [0.4, 0.5) is 0 Å². The molecular formula is C10H19N3S. The van der Waals surface area contributed by atoms with Gasteiger partial charge in [-0.3, -0.25) is 4.68 Å². The molecule has 0 aliphatic heterocycles. The number of nitrogens with zero attached hydrogens (tertiary/aromatic N) is 2. The number of thioether (sulfide) groups is 1. The van der Waals surface area contributed by atoms with Crippen LogP contribution >= 0.6 is 11.8 Å². The van der Waals surface area contributed by atoms with Crippen molar-refractivity contribution in [3.8, 4) is 0 Å². The van der Waals surface area contributed by atoms with Crippen molar-refractivity contribution >= 4 is 11.8 Å². The first-order chi connectivity index (χ1) is 6.63. The summed E-state index contributed by atoms with van der Waals surface area (Å²) >= 11 is 1.87. The van der Waals surface area contributed by atoms with Crippen molar-refractivity contribution in [1.29, 1.82) is 0 Å². The van der Waals surface area contributed by atoms with Crippen molar-refractivity contribution in [2.75, 3.05) is 5.75 Å². The molecule has 0 fully saturated rings. The maximum atomic E-state index is 5.69. The van der Waals surface area contributed by atoms with E-state index < -0.39 is 0 Å². The molecule has 1 aromatic heterocycles. The van der Waals surface area contributed by atoms with E-state index in [4.69, 9.17) is 5.73 Å². The van der Waals surface area contributed by atoms with Crippen LogP contribution in [0.2, 0.25) is 0 Å².